The molecule has 0 aliphatic carbocycles. The molecular weight excluding hydrogens is 662 g/mol. The van der Waals surface area contributed by atoms with Gasteiger partial charge >= 0.3 is 0 Å². The first-order valence-corrected chi connectivity index (χ1v) is 18.2. The van der Waals surface area contributed by atoms with Gasteiger partial charge in [0.2, 0.25) is 0 Å². The van der Waals surface area contributed by atoms with Crippen molar-refractivity contribution < 1.29 is 28.4 Å². The third-order valence-electron chi connectivity index (χ3n) is 9.68. The lowest BCUT2D eigenvalue weighted by molar-refractivity contribution is -0.325. The third kappa shape index (κ3) is 8.83. The van der Waals surface area contributed by atoms with Crippen molar-refractivity contribution in [1.29, 1.82) is 0 Å². The van der Waals surface area contributed by atoms with Gasteiger partial charge in [-0.15, -0.1) is 0 Å². The molecule has 0 saturated carbocycles. The van der Waals surface area contributed by atoms with Gasteiger partial charge in [0, 0.05) is 7.11 Å². The molecule has 1 aliphatic heterocycles. The van der Waals surface area contributed by atoms with Crippen molar-refractivity contribution in [3.8, 4) is 0 Å². The van der Waals surface area contributed by atoms with Crippen LogP contribution < -0.4 is 0 Å². The average molecular weight is 708 g/mol. The van der Waals surface area contributed by atoms with Crippen LogP contribution in [0.1, 0.15) is 33.4 Å². The molecule has 6 aromatic carbocycles. The summed E-state index contributed by atoms with van der Waals surface area (Å²) < 4.78 is 40.6. The molecule has 6 heteroatoms. The van der Waals surface area contributed by atoms with Crippen molar-refractivity contribution in [2.75, 3.05) is 13.7 Å². The summed E-state index contributed by atoms with van der Waals surface area (Å²) in [4.78, 5) is 0. The lowest BCUT2D eigenvalue weighted by atomic mass is 9.80. The van der Waals surface area contributed by atoms with Gasteiger partial charge in [0.05, 0.1) is 26.4 Å². The first-order chi connectivity index (χ1) is 26.2. The van der Waals surface area contributed by atoms with Gasteiger partial charge in [0.25, 0.3) is 0 Å². The monoisotopic (exact) mass is 707 g/mol. The van der Waals surface area contributed by atoms with Crippen LogP contribution in [0.15, 0.2) is 182 Å². The van der Waals surface area contributed by atoms with E-state index in [1.807, 2.05) is 121 Å². The standard InChI is InChI=1S/C47H46O6/c1-48-46-45(51-34-38-24-12-4-13-25-38)44(50-33-37-22-10-3-11-23-37)43(49-32-36-20-8-2-9-21-36)42(53-46)35-52-47(39-26-14-5-15-27-39,40-28-16-6-17-29-40)41-30-18-7-19-31-41/h2-31,42-46H,32-35H2,1H3/t42-,43-,44+,45-,46+/m1/s1/i35+1. The molecule has 270 valence electrons. The zero-order valence-electron chi connectivity index (χ0n) is 30.0. The molecule has 53 heavy (non-hydrogen) atoms. The highest BCUT2D eigenvalue weighted by Gasteiger charge is 2.50. The molecule has 1 fully saturated rings. The normalized spacial score (nSPS) is 20.2. The van der Waals surface area contributed by atoms with E-state index >= 15 is 0 Å². The van der Waals surface area contributed by atoms with Crippen molar-refractivity contribution >= 4 is 0 Å². The second-order valence-electron chi connectivity index (χ2n) is 13.2. The van der Waals surface area contributed by atoms with Crippen LogP contribution in [0.5, 0.6) is 0 Å². The number of hydrogen-bond acceptors (Lipinski definition) is 6. The molecular formula is C47H46O6. The highest BCUT2D eigenvalue weighted by Crippen LogP contribution is 2.42. The Hall–Kier alpha value is -4.92. The van der Waals surface area contributed by atoms with Crippen LogP contribution in [-0.2, 0) is 53.8 Å². The average Bonchev–Trinajstić information content (AvgIpc) is 3.24. The Kier molecular flexibility index (Phi) is 12.5. The Morgan fingerprint density at radius 1 is 0.434 bits per heavy atom. The molecule has 0 spiro atoms. The smallest absolute Gasteiger partial charge is 0.186 e. The first kappa shape index (κ1) is 36.4. The molecule has 7 rings (SSSR count). The zero-order chi connectivity index (χ0) is 36.1. The molecule has 1 heterocycles. The summed E-state index contributed by atoms with van der Waals surface area (Å²) in [7, 11) is 1.64. The van der Waals surface area contributed by atoms with Gasteiger partial charge in [0.1, 0.15) is 30.0 Å². The minimum Gasteiger partial charge on any atom is -0.368 e. The summed E-state index contributed by atoms with van der Waals surface area (Å²) in [6, 6.07) is 61.4. The third-order valence-corrected chi connectivity index (χ3v) is 9.68. The molecule has 0 radical (unpaired) electrons. The minimum absolute atomic E-state index is 0.161. The highest BCUT2D eigenvalue weighted by molar-refractivity contribution is 5.47. The Balaban J connectivity index is 1.27. The van der Waals surface area contributed by atoms with Gasteiger partial charge in [-0.25, -0.2) is 0 Å². The molecule has 1 aliphatic rings. The van der Waals surface area contributed by atoms with Crippen LogP contribution in [-0.4, -0.2) is 44.4 Å². The molecule has 0 amide bonds. The Morgan fingerprint density at radius 3 is 1.15 bits per heavy atom. The summed E-state index contributed by atoms with van der Waals surface area (Å²) in [5.41, 5.74) is 5.16. The molecule has 0 bridgehead atoms. The SMILES string of the molecule is CO[C@H]1O[C@H]([13CH2]OC(c2ccccc2)(c2ccccc2)c2ccccc2)[C@@H](OCc2ccccc2)[C@H](OCc2ccccc2)[C@H]1OCc1ccccc1. The van der Waals surface area contributed by atoms with E-state index in [1.54, 1.807) is 7.11 Å². The van der Waals surface area contributed by atoms with Crippen LogP contribution in [0.3, 0.4) is 0 Å². The number of benzene rings is 6. The Labute approximate surface area is 312 Å². The molecule has 5 atom stereocenters. The molecule has 6 aromatic rings. The van der Waals surface area contributed by atoms with Crippen LogP contribution in [0, 0.1) is 0 Å². The quantitative estimate of drug-likeness (QED) is 0.0739. The van der Waals surface area contributed by atoms with E-state index in [0.717, 1.165) is 33.4 Å². The largest absolute Gasteiger partial charge is 0.368 e. The van der Waals surface area contributed by atoms with Crippen molar-refractivity contribution in [3.63, 3.8) is 0 Å². The maximum atomic E-state index is 7.32. The van der Waals surface area contributed by atoms with E-state index in [0.29, 0.717) is 19.8 Å². The van der Waals surface area contributed by atoms with Gasteiger partial charge in [0.15, 0.2) is 6.29 Å². The van der Waals surface area contributed by atoms with E-state index in [9.17, 15) is 0 Å². The van der Waals surface area contributed by atoms with Gasteiger partial charge in [-0.2, -0.15) is 0 Å². The molecule has 0 unspecified atom stereocenters. The van der Waals surface area contributed by atoms with Crippen LogP contribution in [0.2, 0.25) is 0 Å². The van der Waals surface area contributed by atoms with Gasteiger partial charge < -0.3 is 28.4 Å². The van der Waals surface area contributed by atoms with E-state index in [2.05, 4.69) is 60.7 Å². The van der Waals surface area contributed by atoms with E-state index in [1.165, 1.54) is 0 Å². The second kappa shape index (κ2) is 18.2. The maximum absolute atomic E-state index is 7.32. The molecule has 6 nitrogen and oxygen atoms in total. The lowest BCUT2D eigenvalue weighted by Gasteiger charge is -2.46. The maximum Gasteiger partial charge on any atom is 0.186 e. The minimum atomic E-state index is -0.958. The van der Waals surface area contributed by atoms with E-state index in [-0.39, 0.29) is 6.61 Å². The zero-order valence-corrected chi connectivity index (χ0v) is 30.0. The second-order valence-corrected chi connectivity index (χ2v) is 13.2. The molecule has 1 saturated heterocycles. The van der Waals surface area contributed by atoms with Crippen LogP contribution in [0.4, 0.5) is 0 Å². The fraction of sp³-hybridized carbons (Fsp3) is 0.234. The molecule has 0 aromatic heterocycles. The fourth-order valence-electron chi connectivity index (χ4n) is 7.05. The lowest BCUT2D eigenvalue weighted by Crippen LogP contribution is -2.62. The van der Waals surface area contributed by atoms with Gasteiger partial charge in [-0.05, 0) is 33.4 Å². The number of rotatable bonds is 16. The van der Waals surface area contributed by atoms with Crippen LogP contribution >= 0.6 is 0 Å². The number of hydrogen-bond donors (Lipinski definition) is 0. The van der Waals surface area contributed by atoms with Crippen molar-refractivity contribution in [3.05, 3.63) is 215 Å². The van der Waals surface area contributed by atoms with Crippen LogP contribution in [0.25, 0.3) is 0 Å². The summed E-state index contributed by atoms with van der Waals surface area (Å²) in [5.74, 6) is 0. The predicted octanol–water partition coefficient (Wildman–Crippen LogP) is 9.12. The van der Waals surface area contributed by atoms with E-state index in [4.69, 9.17) is 28.4 Å². The van der Waals surface area contributed by atoms with Crippen molar-refractivity contribution in [1.82, 2.24) is 0 Å². The van der Waals surface area contributed by atoms with Gasteiger partial charge in [-0.1, -0.05) is 182 Å². The first-order valence-electron chi connectivity index (χ1n) is 18.2. The highest BCUT2D eigenvalue weighted by atomic mass is 16.7. The number of methoxy groups -OCH3 is 1. The summed E-state index contributed by atoms with van der Waals surface area (Å²) in [6.07, 6.45) is -3.13. The van der Waals surface area contributed by atoms with Crippen molar-refractivity contribution in [2.24, 2.45) is 0 Å². The Bertz CT molecular complexity index is 1810. The number of ether oxygens (including phenoxy) is 6. The topological polar surface area (TPSA) is 55.4 Å². The Morgan fingerprint density at radius 2 is 0.774 bits per heavy atom. The van der Waals surface area contributed by atoms with E-state index < -0.39 is 36.3 Å². The molecule has 0 N–H and O–H groups in total. The summed E-state index contributed by atoms with van der Waals surface area (Å²) >= 11 is 0. The summed E-state index contributed by atoms with van der Waals surface area (Å²) in [6.45, 7) is 1.22. The van der Waals surface area contributed by atoms with Crippen molar-refractivity contribution in [2.45, 2.75) is 56.1 Å². The van der Waals surface area contributed by atoms with Gasteiger partial charge in [-0.3, -0.25) is 0 Å². The summed E-state index contributed by atoms with van der Waals surface area (Å²) in [5, 5.41) is 0. The predicted molar refractivity (Wildman–Crippen MR) is 206 cm³/mol. The fourth-order valence-corrected chi connectivity index (χ4v) is 7.05.